The molecule has 0 aromatic heterocycles. The van der Waals surface area contributed by atoms with Crippen molar-refractivity contribution in [1.82, 2.24) is 0 Å². The number of hydrogen-bond donors (Lipinski definition) is 1. The van der Waals surface area contributed by atoms with Gasteiger partial charge in [0, 0.05) is 19.1 Å². The molecule has 3 rings (SSSR count). The summed E-state index contributed by atoms with van der Waals surface area (Å²) in [6, 6.07) is 6.10. The van der Waals surface area contributed by atoms with Gasteiger partial charge in [-0.05, 0) is 49.8 Å². The van der Waals surface area contributed by atoms with Gasteiger partial charge >= 0.3 is 0 Å². The zero-order chi connectivity index (χ0) is 14.5. The first-order valence-electron chi connectivity index (χ1n) is 8.09. The molecule has 0 radical (unpaired) electrons. The topological polar surface area (TPSA) is 53.7 Å². The summed E-state index contributed by atoms with van der Waals surface area (Å²) in [6.07, 6.45) is 6.96. The van der Waals surface area contributed by atoms with Crippen LogP contribution in [0.25, 0.3) is 0 Å². The van der Waals surface area contributed by atoms with Gasteiger partial charge in [0.05, 0.1) is 19.3 Å². The van der Waals surface area contributed by atoms with E-state index in [1.54, 1.807) is 0 Å². The minimum Gasteiger partial charge on any atom is -0.490 e. The molecule has 2 aliphatic heterocycles. The number of benzene rings is 1. The van der Waals surface area contributed by atoms with Crippen molar-refractivity contribution in [3.05, 3.63) is 23.8 Å². The van der Waals surface area contributed by atoms with E-state index in [1.165, 1.54) is 19.3 Å². The maximum atomic E-state index is 6.33. The lowest BCUT2D eigenvalue weighted by molar-refractivity contribution is 0.00912. The zero-order valence-corrected chi connectivity index (χ0v) is 12.6. The fraction of sp³-hybridized carbons (Fsp3) is 0.647. The number of rotatable bonds is 4. The average molecular weight is 291 g/mol. The lowest BCUT2D eigenvalue weighted by atomic mass is 9.97. The van der Waals surface area contributed by atoms with Gasteiger partial charge in [0.2, 0.25) is 0 Å². The molecule has 4 nitrogen and oxygen atoms in total. The molecule has 0 spiro atoms. The highest BCUT2D eigenvalue weighted by atomic mass is 16.5. The van der Waals surface area contributed by atoms with E-state index in [0.717, 1.165) is 49.5 Å². The molecule has 1 aromatic rings. The molecule has 2 N–H and O–H groups in total. The quantitative estimate of drug-likeness (QED) is 0.925. The summed E-state index contributed by atoms with van der Waals surface area (Å²) in [7, 11) is 0. The Morgan fingerprint density at radius 1 is 1.05 bits per heavy atom. The van der Waals surface area contributed by atoms with Crippen LogP contribution in [0.1, 0.15) is 50.1 Å². The molecule has 4 heteroatoms. The molecule has 21 heavy (non-hydrogen) atoms. The summed E-state index contributed by atoms with van der Waals surface area (Å²) in [4.78, 5) is 0. The Hall–Kier alpha value is -1.26. The highest BCUT2D eigenvalue weighted by Gasteiger charge is 2.17. The van der Waals surface area contributed by atoms with Gasteiger partial charge in [0.25, 0.3) is 0 Å². The molecular formula is C17H25NO3. The van der Waals surface area contributed by atoms with Crippen molar-refractivity contribution in [2.75, 3.05) is 19.8 Å². The molecule has 2 aliphatic rings. The summed E-state index contributed by atoms with van der Waals surface area (Å²) in [5.41, 5.74) is 7.45. The Morgan fingerprint density at radius 2 is 1.90 bits per heavy atom. The first kappa shape index (κ1) is 14.7. The molecule has 0 bridgehead atoms. The van der Waals surface area contributed by atoms with Crippen molar-refractivity contribution < 1.29 is 14.2 Å². The summed E-state index contributed by atoms with van der Waals surface area (Å²) >= 11 is 0. The third-order valence-electron chi connectivity index (χ3n) is 4.27. The minimum atomic E-state index is 0.0349. The zero-order valence-electron chi connectivity index (χ0n) is 12.6. The third-order valence-corrected chi connectivity index (χ3v) is 4.27. The van der Waals surface area contributed by atoms with E-state index in [-0.39, 0.29) is 6.04 Å². The van der Waals surface area contributed by atoms with E-state index in [4.69, 9.17) is 19.9 Å². The van der Waals surface area contributed by atoms with E-state index in [1.807, 2.05) is 12.1 Å². The largest absolute Gasteiger partial charge is 0.490 e. The molecule has 0 amide bonds. The van der Waals surface area contributed by atoms with Crippen LogP contribution in [-0.2, 0) is 4.74 Å². The van der Waals surface area contributed by atoms with Crippen LogP contribution in [0.3, 0.4) is 0 Å². The fourth-order valence-electron chi connectivity index (χ4n) is 2.98. The molecular weight excluding hydrogens is 266 g/mol. The smallest absolute Gasteiger partial charge is 0.161 e. The minimum absolute atomic E-state index is 0.0349. The van der Waals surface area contributed by atoms with Crippen LogP contribution in [0.15, 0.2) is 18.2 Å². The van der Waals surface area contributed by atoms with Crippen molar-refractivity contribution in [2.45, 2.75) is 50.7 Å². The Kier molecular flexibility index (Phi) is 4.99. The van der Waals surface area contributed by atoms with E-state index in [2.05, 4.69) is 6.07 Å². The predicted molar refractivity (Wildman–Crippen MR) is 81.8 cm³/mol. The van der Waals surface area contributed by atoms with Crippen LogP contribution in [0, 0.1) is 0 Å². The molecule has 116 valence electrons. The van der Waals surface area contributed by atoms with Gasteiger partial charge in [-0.2, -0.15) is 0 Å². The third kappa shape index (κ3) is 3.89. The average Bonchev–Trinajstić information content (AvgIpc) is 2.78. The van der Waals surface area contributed by atoms with E-state index >= 15 is 0 Å². The highest BCUT2D eigenvalue weighted by molar-refractivity contribution is 5.44. The van der Waals surface area contributed by atoms with Crippen LogP contribution < -0.4 is 15.2 Å². The van der Waals surface area contributed by atoms with Crippen molar-refractivity contribution >= 4 is 0 Å². The van der Waals surface area contributed by atoms with E-state index in [0.29, 0.717) is 12.7 Å². The Balaban J connectivity index is 1.58. The number of fused-ring (bicyclic) bond motifs is 1. The molecule has 1 saturated heterocycles. The first-order valence-corrected chi connectivity index (χ1v) is 8.09. The van der Waals surface area contributed by atoms with Gasteiger partial charge in [-0.1, -0.05) is 6.07 Å². The lowest BCUT2D eigenvalue weighted by Crippen LogP contribution is -2.21. The lowest BCUT2D eigenvalue weighted by Gasteiger charge is -2.24. The summed E-state index contributed by atoms with van der Waals surface area (Å²) in [5.74, 6) is 1.66. The van der Waals surface area contributed by atoms with Crippen LogP contribution in [0.2, 0.25) is 0 Å². The summed E-state index contributed by atoms with van der Waals surface area (Å²) < 4.78 is 17.2. The second kappa shape index (κ2) is 7.14. The molecule has 1 fully saturated rings. The normalized spacial score (nSPS) is 23.4. The van der Waals surface area contributed by atoms with Gasteiger partial charge in [0.1, 0.15) is 0 Å². The van der Waals surface area contributed by atoms with Crippen LogP contribution in [0.4, 0.5) is 0 Å². The molecule has 2 atom stereocenters. The SMILES string of the molecule is NC(CCC1CCCCO1)c1ccc2c(c1)OCCCO2. The Morgan fingerprint density at radius 3 is 2.71 bits per heavy atom. The number of ether oxygens (including phenoxy) is 3. The number of hydrogen-bond acceptors (Lipinski definition) is 4. The molecule has 2 unspecified atom stereocenters. The second-order valence-electron chi connectivity index (χ2n) is 5.93. The van der Waals surface area contributed by atoms with Gasteiger partial charge < -0.3 is 19.9 Å². The second-order valence-corrected chi connectivity index (χ2v) is 5.93. The maximum Gasteiger partial charge on any atom is 0.161 e. The monoisotopic (exact) mass is 291 g/mol. The summed E-state index contributed by atoms with van der Waals surface area (Å²) in [5, 5.41) is 0. The number of nitrogens with two attached hydrogens (primary N) is 1. The van der Waals surface area contributed by atoms with Crippen LogP contribution >= 0.6 is 0 Å². The highest BCUT2D eigenvalue weighted by Crippen LogP contribution is 2.33. The fourth-order valence-corrected chi connectivity index (χ4v) is 2.98. The van der Waals surface area contributed by atoms with Gasteiger partial charge in [-0.15, -0.1) is 0 Å². The van der Waals surface area contributed by atoms with Crippen molar-refractivity contribution in [3.63, 3.8) is 0 Å². The van der Waals surface area contributed by atoms with Crippen molar-refractivity contribution in [2.24, 2.45) is 5.73 Å². The van der Waals surface area contributed by atoms with E-state index < -0.39 is 0 Å². The van der Waals surface area contributed by atoms with Gasteiger partial charge in [0.15, 0.2) is 11.5 Å². The van der Waals surface area contributed by atoms with Crippen molar-refractivity contribution in [1.29, 1.82) is 0 Å². The molecule has 1 aromatic carbocycles. The summed E-state index contributed by atoms with van der Waals surface area (Å²) in [6.45, 7) is 2.34. The van der Waals surface area contributed by atoms with Crippen LogP contribution in [-0.4, -0.2) is 25.9 Å². The van der Waals surface area contributed by atoms with Crippen molar-refractivity contribution in [3.8, 4) is 11.5 Å². The Labute approximate surface area is 126 Å². The first-order chi connectivity index (χ1) is 10.3. The van der Waals surface area contributed by atoms with Gasteiger partial charge in [-0.3, -0.25) is 0 Å². The molecule has 0 aliphatic carbocycles. The van der Waals surface area contributed by atoms with Crippen LogP contribution in [0.5, 0.6) is 11.5 Å². The van der Waals surface area contributed by atoms with Gasteiger partial charge in [-0.25, -0.2) is 0 Å². The van der Waals surface area contributed by atoms with E-state index in [9.17, 15) is 0 Å². The molecule has 2 heterocycles. The molecule has 0 saturated carbocycles. The Bertz CT molecular complexity index is 457. The predicted octanol–water partition coefficient (Wildman–Crippen LogP) is 3.20. The maximum absolute atomic E-state index is 6.33. The standard InChI is InChI=1S/C17H25NO3/c18-15(7-6-14-4-1-2-9-19-14)13-5-8-16-17(12-13)21-11-3-10-20-16/h5,8,12,14-15H,1-4,6-7,9-11,18H2.